The van der Waals surface area contributed by atoms with Crippen LogP contribution in [0.5, 0.6) is 0 Å². The molecular formula is C41H67BrO10. The van der Waals surface area contributed by atoms with E-state index in [9.17, 15) is 24.0 Å². The van der Waals surface area contributed by atoms with Gasteiger partial charge >= 0.3 is 29.8 Å². The minimum atomic E-state index is -1.36. The molecule has 10 nitrogen and oxygen atoms in total. The Balaban J connectivity index is 5.07. The van der Waals surface area contributed by atoms with E-state index < -0.39 is 51.4 Å². The molecule has 0 saturated heterocycles. The summed E-state index contributed by atoms with van der Waals surface area (Å²) in [6.45, 7) is 11.9. The molecule has 11 heteroatoms. The van der Waals surface area contributed by atoms with E-state index in [4.69, 9.17) is 25.4 Å². The van der Waals surface area contributed by atoms with E-state index in [-0.39, 0.29) is 44.7 Å². The van der Waals surface area contributed by atoms with Gasteiger partial charge in [-0.2, -0.15) is 0 Å². The van der Waals surface area contributed by atoms with E-state index in [1.165, 1.54) is 91.1 Å². The summed E-state index contributed by atoms with van der Waals surface area (Å²) in [7, 11) is 1.23. The second-order valence-corrected chi connectivity index (χ2v) is 15.9. The smallest absolute Gasteiger partial charge is 0.333 e. The number of esters is 5. The van der Waals surface area contributed by atoms with E-state index in [1.807, 2.05) is 6.11 Å². The number of rotatable bonds is 31. The summed E-state index contributed by atoms with van der Waals surface area (Å²) in [5.41, 5.74) is -2.35. The highest BCUT2D eigenvalue weighted by atomic mass is 79.9. The maximum absolute atomic E-state index is 13.5. The fraction of sp³-hybridized carbons (Fsp3) is 0.780. The van der Waals surface area contributed by atoms with Crippen LogP contribution in [0.3, 0.4) is 0 Å². The number of hydrogen-bond donors (Lipinski definition) is 0. The minimum Gasteiger partial charge on any atom is -0.469 e. The average molecular weight is 800 g/mol. The van der Waals surface area contributed by atoms with E-state index in [0.29, 0.717) is 6.42 Å². The lowest BCUT2D eigenvalue weighted by molar-refractivity contribution is -0.165. The van der Waals surface area contributed by atoms with Gasteiger partial charge in [0.25, 0.3) is 0 Å². The van der Waals surface area contributed by atoms with E-state index in [1.54, 1.807) is 20.8 Å². The summed E-state index contributed by atoms with van der Waals surface area (Å²) in [5, 5.41) is 0. The normalized spacial score (nSPS) is 13.5. The molecular weight excluding hydrogens is 732 g/mol. The molecule has 0 unspecified atom stereocenters. The average Bonchev–Trinajstić information content (AvgIpc) is 3.10. The molecule has 0 aliphatic carbocycles. The third-order valence-electron chi connectivity index (χ3n) is 9.14. The van der Waals surface area contributed by atoms with Crippen molar-refractivity contribution >= 4 is 45.8 Å². The molecule has 0 N–H and O–H groups in total. The maximum atomic E-state index is 13.5. The molecule has 0 aromatic rings. The van der Waals surface area contributed by atoms with Crippen LogP contribution in [0.25, 0.3) is 0 Å². The summed E-state index contributed by atoms with van der Waals surface area (Å²) in [4.78, 5) is 62.8. The van der Waals surface area contributed by atoms with Crippen LogP contribution in [0.2, 0.25) is 0 Å². The zero-order valence-electron chi connectivity index (χ0n) is 33.0. The SMILES string of the molecule is C#COC(=O)[C@@H](Br)C[C@@H](C[C@@](C)(CC(C)(C)C(=O)OCCOC(=O)C(=C)C)C(=O)OC)C(=O)OCCCCCCCCCCCCCCCCCC. The van der Waals surface area contributed by atoms with Gasteiger partial charge in [0.15, 0.2) is 0 Å². The molecule has 0 bridgehead atoms. The third kappa shape index (κ3) is 22.3. The molecule has 0 fully saturated rings. The number of hydrogen-bond acceptors (Lipinski definition) is 10. The van der Waals surface area contributed by atoms with Gasteiger partial charge in [-0.15, -0.1) is 0 Å². The van der Waals surface area contributed by atoms with Crippen molar-refractivity contribution < 1.29 is 47.7 Å². The lowest BCUT2D eigenvalue weighted by atomic mass is 9.69. The highest BCUT2D eigenvalue weighted by Gasteiger charge is 2.47. The zero-order chi connectivity index (χ0) is 39.4. The van der Waals surface area contributed by atoms with Gasteiger partial charge in [-0.3, -0.25) is 14.4 Å². The quantitative estimate of drug-likeness (QED) is 0.0167. The standard InChI is InChI=1S/C41H67BrO10/c1-9-11-12-13-14-15-16-17-18-19-20-21-22-23-24-25-26-50-36(44)33(29-34(42)37(45)49-10-2)30-41(7,39(47)48-8)31-40(5,6)38(46)52-28-27-51-35(43)32(3)4/h2,33-34H,3,9,11-31H2,1,4-8H3/t33-,34-,41-/m0/s1. The first-order chi connectivity index (χ1) is 24.6. The van der Waals surface area contributed by atoms with Crippen molar-refractivity contribution in [3.05, 3.63) is 12.2 Å². The molecule has 0 aromatic heterocycles. The van der Waals surface area contributed by atoms with Crippen molar-refractivity contribution in [2.24, 2.45) is 16.7 Å². The molecule has 298 valence electrons. The number of ether oxygens (including phenoxy) is 5. The molecule has 0 amide bonds. The molecule has 0 heterocycles. The number of halogens is 1. The second-order valence-electron chi connectivity index (χ2n) is 14.8. The molecule has 0 rings (SSSR count). The van der Waals surface area contributed by atoms with Gasteiger partial charge in [-0.25, -0.2) is 9.59 Å². The molecule has 52 heavy (non-hydrogen) atoms. The van der Waals surface area contributed by atoms with Gasteiger partial charge in [-0.05, 0) is 53.4 Å². The largest absolute Gasteiger partial charge is 0.469 e. The summed E-state index contributed by atoms with van der Waals surface area (Å²) >= 11 is 3.26. The molecule has 0 aromatic carbocycles. The number of unbranched alkanes of at least 4 members (excludes halogenated alkanes) is 15. The lowest BCUT2D eigenvalue weighted by Gasteiger charge is -2.36. The summed E-state index contributed by atoms with van der Waals surface area (Å²) in [6, 6.07) is 0. The van der Waals surface area contributed by atoms with Gasteiger partial charge in [0.1, 0.15) is 24.1 Å². The molecule has 0 radical (unpaired) electrons. The van der Waals surface area contributed by atoms with Crippen LogP contribution >= 0.6 is 15.9 Å². The van der Waals surface area contributed by atoms with Crippen LogP contribution < -0.4 is 0 Å². The first-order valence-electron chi connectivity index (χ1n) is 19.2. The number of terminal acetylenes is 1. The number of methoxy groups -OCH3 is 1. The van der Waals surface area contributed by atoms with Crippen LogP contribution in [0.15, 0.2) is 12.2 Å². The third-order valence-corrected chi connectivity index (χ3v) is 9.89. The van der Waals surface area contributed by atoms with Crippen LogP contribution in [0.4, 0.5) is 0 Å². The Morgan fingerprint density at radius 1 is 0.712 bits per heavy atom. The van der Waals surface area contributed by atoms with Gasteiger partial charge in [0, 0.05) is 5.57 Å². The van der Waals surface area contributed by atoms with Crippen molar-refractivity contribution in [1.29, 1.82) is 0 Å². The summed E-state index contributed by atoms with van der Waals surface area (Å²) < 4.78 is 25.8. The monoisotopic (exact) mass is 798 g/mol. The maximum Gasteiger partial charge on any atom is 0.333 e. The van der Waals surface area contributed by atoms with Gasteiger partial charge < -0.3 is 23.7 Å². The fourth-order valence-corrected chi connectivity index (χ4v) is 6.87. The second kappa shape index (κ2) is 28.6. The van der Waals surface area contributed by atoms with Crippen molar-refractivity contribution in [2.45, 2.75) is 161 Å². The highest BCUT2D eigenvalue weighted by molar-refractivity contribution is 9.10. The predicted octanol–water partition coefficient (Wildman–Crippen LogP) is 9.34. The lowest BCUT2D eigenvalue weighted by Crippen LogP contribution is -2.41. The topological polar surface area (TPSA) is 132 Å². The highest BCUT2D eigenvalue weighted by Crippen LogP contribution is 2.42. The fourth-order valence-electron chi connectivity index (χ4n) is 6.32. The Bertz CT molecular complexity index is 1130. The first-order valence-corrected chi connectivity index (χ1v) is 20.1. The van der Waals surface area contributed by atoms with Crippen LogP contribution in [0, 0.1) is 29.3 Å². The molecule has 0 saturated carbocycles. The van der Waals surface area contributed by atoms with Crippen molar-refractivity contribution in [2.75, 3.05) is 26.9 Å². The van der Waals surface area contributed by atoms with Gasteiger partial charge in [-0.1, -0.05) is 132 Å². The number of carbonyl (C=O) groups is 5. The Morgan fingerprint density at radius 3 is 1.65 bits per heavy atom. The molecule has 3 atom stereocenters. The molecule has 0 aliphatic rings. The van der Waals surface area contributed by atoms with Crippen LogP contribution in [-0.4, -0.2) is 61.6 Å². The number of alkyl halides is 1. The summed E-state index contributed by atoms with van der Waals surface area (Å²) in [6.07, 6.45) is 26.5. The van der Waals surface area contributed by atoms with E-state index in [2.05, 4.69) is 34.2 Å². The van der Waals surface area contributed by atoms with Crippen LogP contribution in [-0.2, 0) is 47.7 Å². The predicted molar refractivity (Wildman–Crippen MR) is 206 cm³/mol. The first kappa shape index (κ1) is 49.1. The summed E-state index contributed by atoms with van der Waals surface area (Å²) in [5.74, 6) is -4.14. The van der Waals surface area contributed by atoms with Gasteiger partial charge in [0.05, 0.1) is 30.5 Å². The van der Waals surface area contributed by atoms with Gasteiger partial charge in [0.2, 0.25) is 0 Å². The molecule has 0 spiro atoms. The Morgan fingerprint density at radius 2 is 1.19 bits per heavy atom. The zero-order valence-corrected chi connectivity index (χ0v) is 34.5. The molecule has 0 aliphatic heterocycles. The van der Waals surface area contributed by atoms with Crippen molar-refractivity contribution in [3.63, 3.8) is 0 Å². The minimum absolute atomic E-state index is 0.0538. The van der Waals surface area contributed by atoms with Crippen molar-refractivity contribution in [1.82, 2.24) is 0 Å². The van der Waals surface area contributed by atoms with Crippen molar-refractivity contribution in [3.8, 4) is 12.5 Å². The Hall–Kier alpha value is -2.87. The Kier molecular flexibility index (Phi) is 27.0. The van der Waals surface area contributed by atoms with E-state index in [0.717, 1.165) is 19.3 Å². The Labute approximate surface area is 322 Å². The van der Waals surface area contributed by atoms with E-state index >= 15 is 0 Å². The number of carbonyl (C=O) groups excluding carboxylic acids is 5. The van der Waals surface area contributed by atoms with Crippen LogP contribution in [0.1, 0.15) is 157 Å².